The van der Waals surface area contributed by atoms with Gasteiger partial charge in [-0.25, -0.2) is 0 Å². The molecule has 1 saturated heterocycles. The third kappa shape index (κ3) is 1.83. The molecule has 0 amide bonds. The van der Waals surface area contributed by atoms with E-state index in [4.69, 9.17) is 0 Å². The molecule has 0 aromatic rings. The fraction of sp³-hybridized carbons (Fsp3) is 1.00. The van der Waals surface area contributed by atoms with Crippen molar-refractivity contribution in [2.75, 3.05) is 32.7 Å². The first kappa shape index (κ1) is 9.23. The van der Waals surface area contributed by atoms with Crippen molar-refractivity contribution in [2.45, 2.75) is 20.8 Å². The zero-order chi connectivity index (χ0) is 8.32. The van der Waals surface area contributed by atoms with Gasteiger partial charge in [-0.1, -0.05) is 6.92 Å². The van der Waals surface area contributed by atoms with E-state index in [1.165, 1.54) is 36.9 Å². The molecule has 0 spiro atoms. The van der Waals surface area contributed by atoms with E-state index >= 15 is 0 Å². The van der Waals surface area contributed by atoms with Gasteiger partial charge in [0.05, 0.1) is 19.6 Å². The Morgan fingerprint density at radius 1 is 1.27 bits per heavy atom. The molecular weight excluding hydrogens is 152 g/mol. The average molecular weight is 173 g/mol. The van der Waals surface area contributed by atoms with Crippen molar-refractivity contribution < 1.29 is 4.15 Å². The zero-order valence-corrected chi connectivity index (χ0v) is 9.55. The molecule has 1 heterocycles. The third-order valence-corrected chi connectivity index (χ3v) is 6.15. The first-order chi connectivity index (χ1) is 5.26. The Labute approximate surface area is 72.8 Å². The topological polar surface area (TPSA) is 3.24 Å². The van der Waals surface area contributed by atoms with Crippen molar-refractivity contribution in [3.05, 3.63) is 0 Å². The molecule has 0 unspecified atom stereocenters. The van der Waals surface area contributed by atoms with Crippen LogP contribution in [0.3, 0.4) is 0 Å². The molecule has 0 aromatic carbocycles. The van der Waals surface area contributed by atoms with Crippen molar-refractivity contribution >= 4 is 9.84 Å². The van der Waals surface area contributed by atoms with Crippen LogP contribution < -0.4 is 0 Å². The maximum atomic E-state index is 2.69. The van der Waals surface area contributed by atoms with Gasteiger partial charge in [0.25, 0.3) is 0 Å². The number of rotatable bonds is 3. The molecule has 0 aromatic heterocycles. The van der Waals surface area contributed by atoms with Gasteiger partial charge in [0.1, 0.15) is 0 Å². The molecule has 1 aliphatic rings. The molecule has 0 radical (unpaired) electrons. The molecule has 0 aliphatic carbocycles. The summed E-state index contributed by atoms with van der Waals surface area (Å²) in [6, 6.07) is 0. The first-order valence-corrected chi connectivity index (χ1v) is 6.10. The highest BCUT2D eigenvalue weighted by atomic mass is 28.2. The average Bonchev–Trinajstić information content (AvgIpc) is 2.49. The zero-order valence-electron chi connectivity index (χ0n) is 8.14. The summed E-state index contributed by atoms with van der Waals surface area (Å²) in [6.45, 7) is 13.8. The predicted octanol–water partition coefficient (Wildman–Crippen LogP) is 0.177. The summed E-state index contributed by atoms with van der Waals surface area (Å²) < 4.78 is 4.14. The van der Waals surface area contributed by atoms with Gasteiger partial charge in [-0.2, -0.15) is 0 Å². The summed E-state index contributed by atoms with van der Waals surface area (Å²) in [4.78, 5) is 0. The monoisotopic (exact) mass is 173 g/mol. The predicted molar refractivity (Wildman–Crippen MR) is 52.0 cm³/mol. The minimum atomic E-state index is 0.0351. The van der Waals surface area contributed by atoms with Crippen molar-refractivity contribution in [3.8, 4) is 0 Å². The summed E-state index contributed by atoms with van der Waals surface area (Å²) >= 11 is 0. The molecule has 66 valence electrons. The molecule has 1 rings (SSSR count). The second-order valence-electron chi connectivity index (χ2n) is 3.55. The van der Waals surface area contributed by atoms with Gasteiger partial charge in [0, 0.05) is 6.54 Å². The number of likely N-dealkylation sites (N-methyl/N-ethyl adjacent to an activating group) is 2. The van der Waals surface area contributed by atoms with Crippen LogP contribution in [0, 0.1) is 0 Å². The van der Waals surface area contributed by atoms with Crippen LogP contribution in [0.25, 0.3) is 0 Å². The number of quaternary nitrogens is 1. The summed E-state index contributed by atoms with van der Waals surface area (Å²) in [6.07, 6.45) is 0. The Balaban J connectivity index is 2.48. The van der Waals surface area contributed by atoms with Crippen LogP contribution in [0.4, 0.5) is 0 Å². The van der Waals surface area contributed by atoms with E-state index in [0.717, 1.165) is 0 Å². The fourth-order valence-corrected chi connectivity index (χ4v) is 3.93. The molecule has 0 bridgehead atoms. The van der Waals surface area contributed by atoms with Crippen molar-refractivity contribution in [2.24, 2.45) is 0 Å². The van der Waals surface area contributed by atoms with Gasteiger partial charge in [-0.05, 0) is 20.4 Å². The molecule has 1 aliphatic heterocycles. The van der Waals surface area contributed by atoms with Crippen LogP contribution in [-0.4, -0.2) is 51.3 Å². The first-order valence-electron chi connectivity index (χ1n) is 4.83. The minimum absolute atomic E-state index is 0.0351. The van der Waals surface area contributed by atoms with Gasteiger partial charge in [0.2, 0.25) is 0 Å². The SMILES string of the molecule is CCN1CC[N+](CC)(CC)[SiH2]1. The summed E-state index contributed by atoms with van der Waals surface area (Å²) in [5.41, 5.74) is 0. The summed E-state index contributed by atoms with van der Waals surface area (Å²) in [5, 5.41) is 0. The fourth-order valence-electron chi connectivity index (χ4n) is 1.92. The van der Waals surface area contributed by atoms with E-state index < -0.39 is 0 Å². The number of hydrogen-bond acceptors (Lipinski definition) is 1. The highest BCUT2D eigenvalue weighted by molar-refractivity contribution is 6.23. The lowest BCUT2D eigenvalue weighted by Crippen LogP contribution is -2.49. The normalized spacial score (nSPS) is 26.5. The Morgan fingerprint density at radius 2 is 1.91 bits per heavy atom. The van der Waals surface area contributed by atoms with E-state index in [2.05, 4.69) is 25.3 Å². The van der Waals surface area contributed by atoms with Crippen LogP contribution in [0.2, 0.25) is 0 Å². The Morgan fingerprint density at radius 3 is 2.18 bits per heavy atom. The summed E-state index contributed by atoms with van der Waals surface area (Å²) in [5.74, 6) is 0. The van der Waals surface area contributed by atoms with Gasteiger partial charge >= 0.3 is 9.84 Å². The van der Waals surface area contributed by atoms with E-state index in [1.54, 1.807) is 0 Å². The van der Waals surface area contributed by atoms with E-state index in [-0.39, 0.29) is 9.84 Å². The highest BCUT2D eigenvalue weighted by Gasteiger charge is 2.33. The molecule has 0 N–H and O–H groups in total. The second kappa shape index (κ2) is 3.69. The van der Waals surface area contributed by atoms with Gasteiger partial charge in [-0.3, -0.25) is 4.57 Å². The number of hydrogen-bond donors (Lipinski definition) is 0. The smallest absolute Gasteiger partial charge is 0.338 e. The largest absolute Gasteiger partial charge is 0.375 e. The lowest BCUT2D eigenvalue weighted by atomic mass is 10.4. The van der Waals surface area contributed by atoms with Crippen LogP contribution in [0.15, 0.2) is 0 Å². The summed E-state index contributed by atoms with van der Waals surface area (Å²) in [7, 11) is 0.0351. The molecule has 3 heteroatoms. The van der Waals surface area contributed by atoms with Gasteiger partial charge in [-0.15, -0.1) is 0 Å². The van der Waals surface area contributed by atoms with Gasteiger partial charge < -0.3 is 4.15 Å². The minimum Gasteiger partial charge on any atom is -0.375 e. The number of nitrogens with zero attached hydrogens (tertiary/aromatic N) is 2. The standard InChI is InChI=1S/C8H21N2Si/c1-4-9-7-8-10(5-2,6-3)11-9/h4-8,11H2,1-3H3/q+1. The molecule has 0 atom stereocenters. The van der Waals surface area contributed by atoms with E-state index in [9.17, 15) is 0 Å². The lowest BCUT2D eigenvalue weighted by molar-refractivity contribution is -0.811. The molecule has 0 saturated carbocycles. The van der Waals surface area contributed by atoms with Crippen LogP contribution >= 0.6 is 0 Å². The molecule has 2 nitrogen and oxygen atoms in total. The third-order valence-electron chi connectivity index (χ3n) is 3.18. The Kier molecular flexibility index (Phi) is 3.10. The maximum Gasteiger partial charge on any atom is 0.338 e. The van der Waals surface area contributed by atoms with Crippen LogP contribution in [0.1, 0.15) is 20.8 Å². The van der Waals surface area contributed by atoms with Crippen molar-refractivity contribution in [1.29, 1.82) is 0 Å². The van der Waals surface area contributed by atoms with Crippen LogP contribution in [0.5, 0.6) is 0 Å². The maximum absolute atomic E-state index is 2.69. The van der Waals surface area contributed by atoms with E-state index in [0.29, 0.717) is 0 Å². The Hall–Kier alpha value is 0.137. The quantitative estimate of drug-likeness (QED) is 0.550. The highest BCUT2D eigenvalue weighted by Crippen LogP contribution is 2.12. The lowest BCUT2D eigenvalue weighted by Gasteiger charge is -2.32. The molecule has 1 fully saturated rings. The molecular formula is C8H21N2Si+. The molecule has 11 heavy (non-hydrogen) atoms. The van der Waals surface area contributed by atoms with Crippen LogP contribution in [-0.2, 0) is 0 Å². The van der Waals surface area contributed by atoms with Crippen molar-refractivity contribution in [3.63, 3.8) is 0 Å². The Bertz CT molecular complexity index is 123. The van der Waals surface area contributed by atoms with Gasteiger partial charge in [0.15, 0.2) is 0 Å². The van der Waals surface area contributed by atoms with Crippen molar-refractivity contribution in [1.82, 2.24) is 4.57 Å². The van der Waals surface area contributed by atoms with E-state index in [1.807, 2.05) is 0 Å². The second-order valence-corrected chi connectivity index (χ2v) is 6.07.